The Morgan fingerprint density at radius 1 is 1.26 bits per heavy atom. The minimum Gasteiger partial charge on any atom is -0.373 e. The molecule has 1 aromatic heterocycles. The van der Waals surface area contributed by atoms with Gasteiger partial charge in [0.15, 0.2) is 0 Å². The number of halogens is 3. The van der Waals surface area contributed by atoms with Crippen LogP contribution in [0.3, 0.4) is 0 Å². The minimum absolute atomic E-state index is 0.227. The predicted molar refractivity (Wildman–Crippen MR) is 72.3 cm³/mol. The van der Waals surface area contributed by atoms with Gasteiger partial charge in [-0.3, -0.25) is 4.98 Å². The van der Waals surface area contributed by atoms with Crippen LogP contribution >= 0.6 is 11.6 Å². The standard InChI is InChI=1S/C14H13ClF2N2/c1-2-12(13-7-6-9(16)8-18-13)19-14-10(15)4-3-5-11(14)17/h3-8,12,19H,2H2,1H3. The molecule has 1 aromatic carbocycles. The van der Waals surface area contributed by atoms with Gasteiger partial charge in [-0.15, -0.1) is 0 Å². The Morgan fingerprint density at radius 2 is 2.05 bits per heavy atom. The van der Waals surface area contributed by atoms with Crippen molar-refractivity contribution in [3.63, 3.8) is 0 Å². The van der Waals surface area contributed by atoms with Crippen LogP contribution in [-0.2, 0) is 0 Å². The topological polar surface area (TPSA) is 24.9 Å². The van der Waals surface area contributed by atoms with Crippen molar-refractivity contribution in [2.45, 2.75) is 19.4 Å². The van der Waals surface area contributed by atoms with Gasteiger partial charge < -0.3 is 5.32 Å². The molecule has 0 aliphatic heterocycles. The van der Waals surface area contributed by atoms with Crippen molar-refractivity contribution in [1.82, 2.24) is 4.98 Å². The van der Waals surface area contributed by atoms with Gasteiger partial charge in [-0.05, 0) is 30.7 Å². The number of aromatic nitrogens is 1. The first-order chi connectivity index (χ1) is 9.11. The summed E-state index contributed by atoms with van der Waals surface area (Å²) in [6.45, 7) is 1.93. The average molecular weight is 283 g/mol. The molecule has 1 N–H and O–H groups in total. The fraction of sp³-hybridized carbons (Fsp3) is 0.214. The highest BCUT2D eigenvalue weighted by molar-refractivity contribution is 6.33. The van der Waals surface area contributed by atoms with E-state index >= 15 is 0 Å². The van der Waals surface area contributed by atoms with Crippen LogP contribution in [0.1, 0.15) is 25.1 Å². The normalized spacial score (nSPS) is 12.2. The molecule has 0 saturated carbocycles. The fourth-order valence-electron chi connectivity index (χ4n) is 1.79. The molecule has 0 aliphatic carbocycles. The van der Waals surface area contributed by atoms with Gasteiger partial charge in [0.05, 0.1) is 28.6 Å². The smallest absolute Gasteiger partial charge is 0.147 e. The van der Waals surface area contributed by atoms with Gasteiger partial charge in [0, 0.05) is 0 Å². The molecule has 19 heavy (non-hydrogen) atoms. The number of benzene rings is 1. The summed E-state index contributed by atoms with van der Waals surface area (Å²) in [5.74, 6) is -0.824. The van der Waals surface area contributed by atoms with Crippen LogP contribution in [-0.4, -0.2) is 4.98 Å². The summed E-state index contributed by atoms with van der Waals surface area (Å²) >= 11 is 5.96. The van der Waals surface area contributed by atoms with E-state index in [2.05, 4.69) is 10.3 Å². The van der Waals surface area contributed by atoms with Gasteiger partial charge in [0.1, 0.15) is 11.6 Å². The number of para-hydroxylation sites is 1. The van der Waals surface area contributed by atoms with Crippen molar-refractivity contribution in [3.8, 4) is 0 Å². The number of nitrogens with zero attached hydrogens (tertiary/aromatic N) is 1. The van der Waals surface area contributed by atoms with Crippen LogP contribution in [0, 0.1) is 11.6 Å². The van der Waals surface area contributed by atoms with Crippen molar-refractivity contribution in [2.24, 2.45) is 0 Å². The van der Waals surface area contributed by atoms with Gasteiger partial charge in [-0.2, -0.15) is 0 Å². The Hall–Kier alpha value is -1.68. The van der Waals surface area contributed by atoms with Crippen LogP contribution < -0.4 is 5.32 Å². The molecule has 100 valence electrons. The number of hydrogen-bond acceptors (Lipinski definition) is 2. The fourth-order valence-corrected chi connectivity index (χ4v) is 2.01. The monoisotopic (exact) mass is 282 g/mol. The maximum absolute atomic E-state index is 13.7. The highest BCUT2D eigenvalue weighted by Crippen LogP contribution is 2.29. The summed E-state index contributed by atoms with van der Waals surface area (Å²) in [6, 6.07) is 7.16. The summed E-state index contributed by atoms with van der Waals surface area (Å²) in [7, 11) is 0. The zero-order chi connectivity index (χ0) is 13.8. The quantitative estimate of drug-likeness (QED) is 0.888. The van der Waals surface area contributed by atoms with Crippen molar-refractivity contribution in [2.75, 3.05) is 5.32 Å². The third-order valence-electron chi connectivity index (χ3n) is 2.80. The third-order valence-corrected chi connectivity index (χ3v) is 3.11. The Bertz CT molecular complexity index is 538. The van der Waals surface area contributed by atoms with E-state index in [-0.39, 0.29) is 11.7 Å². The van der Waals surface area contributed by atoms with Crippen LogP contribution in [0.25, 0.3) is 0 Å². The van der Waals surface area contributed by atoms with Crippen LogP contribution in [0.2, 0.25) is 5.02 Å². The van der Waals surface area contributed by atoms with Crippen molar-refractivity contribution < 1.29 is 8.78 Å². The summed E-state index contributed by atoms with van der Waals surface area (Å²) in [5.41, 5.74) is 0.880. The third kappa shape index (κ3) is 3.20. The summed E-state index contributed by atoms with van der Waals surface area (Å²) in [4.78, 5) is 4.00. The molecule has 2 aromatic rings. The summed E-state index contributed by atoms with van der Waals surface area (Å²) in [5, 5.41) is 3.32. The lowest BCUT2D eigenvalue weighted by molar-refractivity contribution is 0.609. The molecular weight excluding hydrogens is 270 g/mol. The second kappa shape index (κ2) is 5.97. The number of pyridine rings is 1. The van der Waals surface area contributed by atoms with Crippen molar-refractivity contribution in [1.29, 1.82) is 0 Å². The van der Waals surface area contributed by atoms with E-state index in [1.165, 1.54) is 12.1 Å². The van der Waals surface area contributed by atoms with E-state index in [9.17, 15) is 8.78 Å². The largest absolute Gasteiger partial charge is 0.373 e. The zero-order valence-electron chi connectivity index (χ0n) is 10.3. The SMILES string of the molecule is CCC(Nc1c(F)cccc1Cl)c1ccc(F)cn1. The molecule has 0 radical (unpaired) electrons. The molecule has 1 atom stereocenters. The van der Waals surface area contributed by atoms with E-state index < -0.39 is 11.6 Å². The molecule has 0 aliphatic rings. The molecule has 0 bridgehead atoms. The van der Waals surface area contributed by atoms with Crippen molar-refractivity contribution in [3.05, 3.63) is 58.9 Å². The first kappa shape index (κ1) is 13.7. The van der Waals surface area contributed by atoms with Gasteiger partial charge >= 0.3 is 0 Å². The number of nitrogens with one attached hydrogen (secondary N) is 1. The zero-order valence-corrected chi connectivity index (χ0v) is 11.1. The van der Waals surface area contributed by atoms with E-state index in [0.717, 1.165) is 6.20 Å². The lowest BCUT2D eigenvalue weighted by Gasteiger charge is -2.19. The highest BCUT2D eigenvalue weighted by Gasteiger charge is 2.15. The molecule has 0 fully saturated rings. The van der Waals surface area contributed by atoms with Gasteiger partial charge in [-0.25, -0.2) is 8.78 Å². The molecule has 1 heterocycles. The molecule has 2 nitrogen and oxygen atoms in total. The highest BCUT2D eigenvalue weighted by atomic mass is 35.5. The molecule has 5 heteroatoms. The number of rotatable bonds is 4. The maximum atomic E-state index is 13.7. The lowest BCUT2D eigenvalue weighted by Crippen LogP contribution is -2.12. The second-order valence-electron chi connectivity index (χ2n) is 4.10. The van der Waals surface area contributed by atoms with Gasteiger partial charge in [-0.1, -0.05) is 24.6 Å². The average Bonchev–Trinajstić information content (AvgIpc) is 2.40. The maximum Gasteiger partial charge on any atom is 0.147 e. The molecule has 2 rings (SSSR count). The molecule has 0 spiro atoms. The Morgan fingerprint density at radius 3 is 2.63 bits per heavy atom. The van der Waals surface area contributed by atoms with Gasteiger partial charge in [0.2, 0.25) is 0 Å². The minimum atomic E-state index is -0.423. The summed E-state index contributed by atoms with van der Waals surface area (Å²) < 4.78 is 26.5. The van der Waals surface area contributed by atoms with Crippen LogP contribution in [0.5, 0.6) is 0 Å². The Balaban J connectivity index is 2.26. The first-order valence-corrected chi connectivity index (χ1v) is 6.31. The van der Waals surface area contributed by atoms with Crippen molar-refractivity contribution >= 4 is 17.3 Å². The first-order valence-electron chi connectivity index (χ1n) is 5.93. The van der Waals surface area contributed by atoms with Crippen LogP contribution in [0.15, 0.2) is 36.5 Å². The van der Waals surface area contributed by atoms with E-state index in [4.69, 9.17) is 11.6 Å². The second-order valence-corrected chi connectivity index (χ2v) is 4.51. The lowest BCUT2D eigenvalue weighted by atomic mass is 10.1. The molecule has 0 amide bonds. The summed E-state index contributed by atoms with van der Waals surface area (Å²) in [6.07, 6.45) is 1.81. The van der Waals surface area contributed by atoms with Crippen LogP contribution in [0.4, 0.5) is 14.5 Å². The van der Waals surface area contributed by atoms with E-state index in [1.807, 2.05) is 6.92 Å². The van der Waals surface area contributed by atoms with E-state index in [0.29, 0.717) is 17.1 Å². The van der Waals surface area contributed by atoms with E-state index in [1.54, 1.807) is 18.2 Å². The predicted octanol–water partition coefficient (Wildman–Crippen LogP) is 4.58. The number of hydrogen-bond donors (Lipinski definition) is 1. The molecule has 1 unspecified atom stereocenters. The Kier molecular flexibility index (Phi) is 4.32. The molecular formula is C14H13ClF2N2. The number of anilines is 1. The Labute approximate surface area is 115 Å². The van der Waals surface area contributed by atoms with Gasteiger partial charge in [0.25, 0.3) is 0 Å². The molecule has 0 saturated heterocycles.